The Bertz CT molecular complexity index is 3120. The van der Waals surface area contributed by atoms with E-state index in [9.17, 15) is 0 Å². The van der Waals surface area contributed by atoms with Crippen LogP contribution in [0.3, 0.4) is 0 Å². The molecule has 0 N–H and O–H groups in total. The lowest BCUT2D eigenvalue weighted by Crippen LogP contribution is -2.13. The van der Waals surface area contributed by atoms with Crippen molar-refractivity contribution >= 4 is 75.5 Å². The van der Waals surface area contributed by atoms with Crippen molar-refractivity contribution in [2.45, 2.75) is 76.2 Å². The van der Waals surface area contributed by atoms with Crippen molar-refractivity contribution in [3.05, 3.63) is 265 Å². The Morgan fingerprint density at radius 1 is 0.208 bits per heavy atom. The van der Waals surface area contributed by atoms with E-state index in [4.69, 9.17) is 0 Å². The molecule has 0 aliphatic carbocycles. The zero-order valence-electron chi connectivity index (χ0n) is 44.0. The minimum absolute atomic E-state index is 1.11. The molecule has 0 aliphatic rings. The van der Waals surface area contributed by atoms with Gasteiger partial charge in [0.1, 0.15) is 0 Å². The van der Waals surface area contributed by atoms with Crippen LogP contribution in [0.2, 0.25) is 0 Å². The number of benzene rings is 9. The number of nitrogens with zero attached hydrogens (tertiary/aromatic N) is 3. The maximum Gasteiger partial charge on any atom is 0.0520 e. The number of aryl methyl sites for hydroxylation is 11. The fraction of sp³-hybridized carbons (Fsp3) is 0.159. The molecule has 9 aromatic rings. The van der Waals surface area contributed by atoms with E-state index in [2.05, 4.69) is 297 Å². The van der Waals surface area contributed by atoms with Crippen LogP contribution in [0.1, 0.15) is 83.5 Å². The molecule has 0 saturated heterocycles. The molecule has 9 rings (SSSR count). The summed E-state index contributed by atoms with van der Waals surface area (Å²) in [4.78, 5) is 7.11. The lowest BCUT2D eigenvalue weighted by atomic mass is 10.0. The summed E-state index contributed by atoms with van der Waals surface area (Å²) in [7, 11) is 0. The number of hydrogen-bond donors (Lipinski definition) is 0. The van der Waals surface area contributed by atoms with Gasteiger partial charge in [-0.05, 0) is 251 Å². The molecule has 358 valence electrons. The summed E-state index contributed by atoms with van der Waals surface area (Å²) in [6.45, 7) is 24.0. The van der Waals surface area contributed by atoms with E-state index >= 15 is 0 Å². The largest absolute Gasteiger partial charge is 0.310 e. The molecule has 0 saturated carbocycles. The molecule has 72 heavy (non-hydrogen) atoms. The highest BCUT2D eigenvalue weighted by Crippen LogP contribution is 2.41. The van der Waals surface area contributed by atoms with Gasteiger partial charge in [-0.2, -0.15) is 0 Å². The van der Waals surface area contributed by atoms with Crippen molar-refractivity contribution in [1.29, 1.82) is 0 Å². The maximum atomic E-state index is 2.40. The first-order valence-electron chi connectivity index (χ1n) is 25.2. The Morgan fingerprint density at radius 2 is 0.431 bits per heavy atom. The van der Waals surface area contributed by atoms with E-state index in [1.807, 2.05) is 0 Å². The van der Waals surface area contributed by atoms with E-state index in [0.29, 0.717) is 0 Å². The highest BCUT2D eigenvalue weighted by atomic mass is 15.2. The van der Waals surface area contributed by atoms with Crippen molar-refractivity contribution in [1.82, 2.24) is 0 Å². The van der Waals surface area contributed by atoms with Crippen LogP contribution in [0.15, 0.2) is 182 Å². The molecule has 0 atom stereocenters. The smallest absolute Gasteiger partial charge is 0.0520 e. The quantitative estimate of drug-likeness (QED) is 0.107. The predicted octanol–water partition coefficient (Wildman–Crippen LogP) is 19.8. The van der Waals surface area contributed by atoms with Gasteiger partial charge in [0.15, 0.2) is 0 Å². The average Bonchev–Trinajstić information content (AvgIpc) is 3.37. The lowest BCUT2D eigenvalue weighted by molar-refractivity contribution is 1.20. The molecule has 0 aromatic heterocycles. The molecule has 0 radical (unpaired) electrons. The molecule has 0 bridgehead atoms. The Kier molecular flexibility index (Phi) is 14.3. The summed E-state index contributed by atoms with van der Waals surface area (Å²) >= 11 is 0. The summed E-state index contributed by atoms with van der Waals surface area (Å²) in [5.74, 6) is 0. The fourth-order valence-corrected chi connectivity index (χ4v) is 9.61. The van der Waals surface area contributed by atoms with E-state index in [1.165, 1.54) is 66.9 Å². The zero-order chi connectivity index (χ0) is 50.6. The fourth-order valence-electron chi connectivity index (χ4n) is 9.61. The molecule has 0 heterocycles. The first-order chi connectivity index (χ1) is 34.7. The Labute approximate surface area is 429 Å². The molecule has 0 fully saturated rings. The predicted molar refractivity (Wildman–Crippen MR) is 313 cm³/mol. The summed E-state index contributed by atoms with van der Waals surface area (Å²) in [5, 5.41) is 0. The van der Waals surface area contributed by atoms with Crippen LogP contribution in [0.25, 0.3) is 24.3 Å². The topological polar surface area (TPSA) is 9.72 Å². The standard InChI is InChI=1S/C69H67N3/c1-46-40-55(10)69(56(11)41-46)72(63-36-24-59(25-37-63)18-16-57-20-32-61(33-21-57)70(65-28-12-47(2)51(6)42-65)66-29-13-48(3)52(7)43-66)64-38-26-60(27-39-64)19-17-58-22-34-62(35-23-58)71(67-30-14-49(4)53(8)44-67)68-31-15-50(5)54(9)45-68/h12-45H,1-11H3/b18-16+,19-17+. The van der Waals surface area contributed by atoms with Gasteiger partial charge in [-0.3, -0.25) is 0 Å². The number of hydrogen-bond acceptors (Lipinski definition) is 3. The van der Waals surface area contributed by atoms with Gasteiger partial charge in [0.2, 0.25) is 0 Å². The van der Waals surface area contributed by atoms with Gasteiger partial charge < -0.3 is 14.7 Å². The normalized spacial score (nSPS) is 11.4. The number of rotatable bonds is 13. The Morgan fingerprint density at radius 3 is 0.667 bits per heavy atom. The summed E-state index contributed by atoms with van der Waals surface area (Å²) < 4.78 is 0. The number of anilines is 9. The molecule has 0 aliphatic heterocycles. The van der Waals surface area contributed by atoms with Gasteiger partial charge in [0, 0.05) is 45.5 Å². The Hall–Kier alpha value is -8.14. The van der Waals surface area contributed by atoms with Crippen molar-refractivity contribution in [3.8, 4) is 0 Å². The second kappa shape index (κ2) is 21.1. The van der Waals surface area contributed by atoms with Gasteiger partial charge in [-0.1, -0.05) is 115 Å². The van der Waals surface area contributed by atoms with Crippen molar-refractivity contribution in [2.24, 2.45) is 0 Å². The van der Waals surface area contributed by atoms with E-state index in [-0.39, 0.29) is 0 Å². The minimum Gasteiger partial charge on any atom is -0.310 e. The van der Waals surface area contributed by atoms with Crippen LogP contribution in [-0.4, -0.2) is 0 Å². The van der Waals surface area contributed by atoms with E-state index in [1.54, 1.807) is 0 Å². The zero-order valence-corrected chi connectivity index (χ0v) is 44.0. The molecule has 0 unspecified atom stereocenters. The van der Waals surface area contributed by atoms with Crippen LogP contribution < -0.4 is 14.7 Å². The van der Waals surface area contributed by atoms with Gasteiger partial charge in [-0.15, -0.1) is 0 Å². The highest BCUT2D eigenvalue weighted by molar-refractivity contribution is 5.84. The van der Waals surface area contributed by atoms with Gasteiger partial charge in [0.05, 0.1) is 5.69 Å². The first-order valence-corrected chi connectivity index (χ1v) is 25.2. The Balaban J connectivity index is 0.943. The maximum absolute atomic E-state index is 2.40. The van der Waals surface area contributed by atoms with Gasteiger partial charge in [0.25, 0.3) is 0 Å². The SMILES string of the molecule is Cc1cc(C)c(N(c2ccc(/C=C/c3ccc(N(c4ccc(C)c(C)c4)c4ccc(C)c(C)c4)cc3)cc2)c2ccc(/C=C/c3ccc(N(c4ccc(C)c(C)c4)c4ccc(C)c(C)c4)cc3)cc2)c(C)c1. The van der Waals surface area contributed by atoms with E-state index < -0.39 is 0 Å². The second-order valence-electron chi connectivity index (χ2n) is 19.9. The van der Waals surface area contributed by atoms with Gasteiger partial charge >= 0.3 is 0 Å². The lowest BCUT2D eigenvalue weighted by Gasteiger charge is -2.29. The van der Waals surface area contributed by atoms with Crippen LogP contribution in [0, 0.1) is 76.2 Å². The third-order valence-corrected chi connectivity index (χ3v) is 14.4. The third-order valence-electron chi connectivity index (χ3n) is 14.4. The van der Waals surface area contributed by atoms with Crippen LogP contribution in [0.5, 0.6) is 0 Å². The van der Waals surface area contributed by atoms with Crippen LogP contribution >= 0.6 is 0 Å². The molecular formula is C69H67N3. The molecule has 3 heteroatoms. The summed E-state index contributed by atoms with van der Waals surface area (Å²) in [6, 6.07) is 67.1. The van der Waals surface area contributed by atoms with Crippen molar-refractivity contribution < 1.29 is 0 Å². The molecule has 3 nitrogen and oxygen atoms in total. The van der Waals surface area contributed by atoms with Crippen molar-refractivity contribution in [3.63, 3.8) is 0 Å². The molecule has 0 amide bonds. The summed E-state index contributed by atoms with van der Waals surface area (Å²) in [5.41, 5.74) is 29.0. The average molecular weight is 938 g/mol. The highest BCUT2D eigenvalue weighted by Gasteiger charge is 2.19. The molecular weight excluding hydrogens is 871 g/mol. The summed E-state index contributed by atoms with van der Waals surface area (Å²) in [6.07, 6.45) is 8.82. The monoisotopic (exact) mass is 938 g/mol. The van der Waals surface area contributed by atoms with Crippen LogP contribution in [-0.2, 0) is 0 Å². The van der Waals surface area contributed by atoms with Gasteiger partial charge in [-0.25, -0.2) is 0 Å². The van der Waals surface area contributed by atoms with E-state index in [0.717, 1.165) is 67.8 Å². The third kappa shape index (κ3) is 10.8. The molecule has 0 spiro atoms. The van der Waals surface area contributed by atoms with Crippen molar-refractivity contribution in [2.75, 3.05) is 14.7 Å². The van der Waals surface area contributed by atoms with Crippen LogP contribution in [0.4, 0.5) is 51.2 Å². The second-order valence-corrected chi connectivity index (χ2v) is 19.9. The first kappa shape index (κ1) is 48.9. The minimum atomic E-state index is 1.11. The molecule has 9 aromatic carbocycles.